The fraction of sp³-hybridized carbons (Fsp3) is 0.294. The van der Waals surface area contributed by atoms with Crippen LogP contribution < -0.4 is 5.73 Å². The minimum absolute atomic E-state index is 0. The fourth-order valence-corrected chi connectivity index (χ4v) is 4.08. The second-order valence-corrected chi connectivity index (χ2v) is 7.57. The van der Waals surface area contributed by atoms with Crippen molar-refractivity contribution in [3.63, 3.8) is 0 Å². The summed E-state index contributed by atoms with van der Waals surface area (Å²) in [5, 5.41) is 10.9. The molecule has 0 aliphatic rings. The van der Waals surface area contributed by atoms with Crippen molar-refractivity contribution < 1.29 is 13.3 Å². The van der Waals surface area contributed by atoms with E-state index < -0.39 is 14.9 Å². The molecule has 0 amide bonds. The molecule has 0 fully saturated rings. The topological polar surface area (TPSA) is 107 Å². The highest BCUT2D eigenvalue weighted by Crippen LogP contribution is 2.24. The number of aryl methyl sites for hydroxylation is 1. The highest BCUT2D eigenvalue weighted by Gasteiger charge is 2.25. The van der Waals surface area contributed by atoms with E-state index in [9.17, 15) is 18.5 Å². The molecular weight excluding hydrogens is 378 g/mol. The molecule has 0 aliphatic heterocycles. The van der Waals surface area contributed by atoms with Gasteiger partial charge in [0, 0.05) is 31.3 Å². The molecule has 9 heteroatoms. The molecule has 0 radical (unpaired) electrons. The van der Waals surface area contributed by atoms with E-state index in [-0.39, 0.29) is 36.1 Å². The maximum absolute atomic E-state index is 12.9. The van der Waals surface area contributed by atoms with E-state index in [0.717, 1.165) is 5.56 Å². The summed E-state index contributed by atoms with van der Waals surface area (Å²) in [7, 11) is -3.77. The van der Waals surface area contributed by atoms with Crippen molar-refractivity contribution >= 4 is 28.1 Å². The lowest BCUT2D eigenvalue weighted by atomic mass is 10.1. The number of nitro groups is 1. The monoisotopic (exact) mass is 399 g/mol. The van der Waals surface area contributed by atoms with Crippen molar-refractivity contribution in [1.82, 2.24) is 4.31 Å². The van der Waals surface area contributed by atoms with Gasteiger partial charge in [-0.05, 0) is 31.0 Å². The molecular formula is C17H22ClN3O4S. The SMILES string of the molecule is Cc1cc(S(=O)(=O)N(CCN)CCc2ccccc2)ccc1[N+](=O)[O-].Cl. The molecule has 0 atom stereocenters. The zero-order chi connectivity index (χ0) is 18.4. The average Bonchev–Trinajstić information content (AvgIpc) is 2.59. The Labute approximate surface area is 159 Å². The number of nitro benzene ring substituents is 1. The van der Waals surface area contributed by atoms with Crippen LogP contribution in [-0.4, -0.2) is 37.3 Å². The quantitative estimate of drug-likeness (QED) is 0.542. The first-order valence-corrected chi connectivity index (χ1v) is 9.29. The number of hydrogen-bond acceptors (Lipinski definition) is 5. The first-order chi connectivity index (χ1) is 11.9. The number of hydrogen-bond donors (Lipinski definition) is 1. The van der Waals surface area contributed by atoms with Crippen LogP contribution in [0.2, 0.25) is 0 Å². The lowest BCUT2D eigenvalue weighted by Gasteiger charge is -2.22. The van der Waals surface area contributed by atoms with Crippen molar-refractivity contribution in [3.8, 4) is 0 Å². The van der Waals surface area contributed by atoms with Gasteiger partial charge in [-0.2, -0.15) is 4.31 Å². The molecule has 0 heterocycles. The van der Waals surface area contributed by atoms with E-state index in [1.165, 1.54) is 29.4 Å². The summed E-state index contributed by atoms with van der Waals surface area (Å²) in [6.07, 6.45) is 0.562. The molecule has 0 aromatic heterocycles. The van der Waals surface area contributed by atoms with Crippen LogP contribution in [0.3, 0.4) is 0 Å². The number of nitrogens with zero attached hydrogens (tertiary/aromatic N) is 2. The Bertz CT molecular complexity index is 844. The average molecular weight is 400 g/mol. The van der Waals surface area contributed by atoms with E-state index in [0.29, 0.717) is 18.5 Å². The van der Waals surface area contributed by atoms with Crippen molar-refractivity contribution in [3.05, 3.63) is 69.8 Å². The van der Waals surface area contributed by atoms with Gasteiger partial charge in [0.1, 0.15) is 0 Å². The van der Waals surface area contributed by atoms with E-state index in [2.05, 4.69) is 0 Å². The van der Waals surface area contributed by atoms with Crippen LogP contribution in [0, 0.1) is 17.0 Å². The number of sulfonamides is 1. The third kappa shape index (κ3) is 5.25. The summed E-state index contributed by atoms with van der Waals surface area (Å²) in [5.41, 5.74) is 6.80. The van der Waals surface area contributed by atoms with Gasteiger partial charge in [-0.1, -0.05) is 30.3 Å². The lowest BCUT2D eigenvalue weighted by Crippen LogP contribution is -2.37. The van der Waals surface area contributed by atoms with Crippen LogP contribution in [0.4, 0.5) is 5.69 Å². The minimum atomic E-state index is -3.77. The smallest absolute Gasteiger partial charge is 0.272 e. The molecule has 26 heavy (non-hydrogen) atoms. The Hall–Kier alpha value is -2.00. The largest absolute Gasteiger partial charge is 0.329 e. The van der Waals surface area contributed by atoms with E-state index in [4.69, 9.17) is 5.73 Å². The predicted octanol–water partition coefficient (Wildman–Crippen LogP) is 2.52. The summed E-state index contributed by atoms with van der Waals surface area (Å²) >= 11 is 0. The molecule has 0 spiro atoms. The first kappa shape index (κ1) is 22.0. The number of nitrogens with two attached hydrogens (primary N) is 1. The molecule has 0 unspecified atom stereocenters. The van der Waals surface area contributed by atoms with Crippen LogP contribution in [0.25, 0.3) is 0 Å². The summed E-state index contributed by atoms with van der Waals surface area (Å²) in [6, 6.07) is 13.4. The van der Waals surface area contributed by atoms with Crippen LogP contribution in [-0.2, 0) is 16.4 Å². The number of benzene rings is 2. The van der Waals surface area contributed by atoms with Crippen molar-refractivity contribution in [2.24, 2.45) is 5.73 Å². The molecule has 2 rings (SSSR count). The maximum Gasteiger partial charge on any atom is 0.272 e. The minimum Gasteiger partial charge on any atom is -0.329 e. The van der Waals surface area contributed by atoms with Crippen molar-refractivity contribution in [2.45, 2.75) is 18.2 Å². The molecule has 0 saturated carbocycles. The summed E-state index contributed by atoms with van der Waals surface area (Å²) in [4.78, 5) is 10.4. The number of halogens is 1. The van der Waals surface area contributed by atoms with Gasteiger partial charge in [0.2, 0.25) is 10.0 Å². The third-order valence-electron chi connectivity index (χ3n) is 3.87. The van der Waals surface area contributed by atoms with Gasteiger partial charge in [-0.25, -0.2) is 8.42 Å². The Kier molecular flexibility index (Phi) is 8.16. The van der Waals surface area contributed by atoms with Gasteiger partial charge in [0.05, 0.1) is 9.82 Å². The summed E-state index contributed by atoms with van der Waals surface area (Å²) in [6.45, 7) is 2.19. The maximum atomic E-state index is 12.9. The Morgan fingerprint density at radius 2 is 1.77 bits per heavy atom. The van der Waals surface area contributed by atoms with Crippen molar-refractivity contribution in [2.75, 3.05) is 19.6 Å². The lowest BCUT2D eigenvalue weighted by molar-refractivity contribution is -0.385. The van der Waals surface area contributed by atoms with E-state index in [1.54, 1.807) is 0 Å². The molecule has 2 N–H and O–H groups in total. The standard InChI is InChI=1S/C17H21N3O4S.ClH/c1-14-13-16(7-8-17(14)20(21)22)25(23,24)19(12-10-18)11-9-15-5-3-2-4-6-15;/h2-8,13H,9-12,18H2,1H3;1H. The molecule has 0 bridgehead atoms. The Balaban J connectivity index is 0.00000338. The second kappa shape index (κ2) is 9.63. The Morgan fingerprint density at radius 3 is 2.31 bits per heavy atom. The van der Waals surface area contributed by atoms with Gasteiger partial charge in [0.25, 0.3) is 5.69 Å². The van der Waals surface area contributed by atoms with E-state index >= 15 is 0 Å². The summed E-state index contributed by atoms with van der Waals surface area (Å²) in [5.74, 6) is 0. The highest BCUT2D eigenvalue weighted by atomic mass is 35.5. The molecule has 0 aliphatic carbocycles. The van der Waals surface area contributed by atoms with Gasteiger partial charge in [-0.3, -0.25) is 10.1 Å². The van der Waals surface area contributed by atoms with Crippen LogP contribution in [0.1, 0.15) is 11.1 Å². The number of rotatable bonds is 8. The fourth-order valence-electron chi connectivity index (χ4n) is 2.54. The van der Waals surface area contributed by atoms with Gasteiger partial charge in [0.15, 0.2) is 0 Å². The van der Waals surface area contributed by atoms with E-state index in [1.807, 2.05) is 30.3 Å². The normalized spacial score (nSPS) is 11.2. The Morgan fingerprint density at radius 1 is 1.12 bits per heavy atom. The van der Waals surface area contributed by atoms with Crippen LogP contribution in [0.5, 0.6) is 0 Å². The van der Waals surface area contributed by atoms with Gasteiger partial charge < -0.3 is 5.73 Å². The highest BCUT2D eigenvalue weighted by molar-refractivity contribution is 7.89. The summed E-state index contributed by atoms with van der Waals surface area (Å²) < 4.78 is 27.1. The van der Waals surface area contributed by atoms with Crippen molar-refractivity contribution in [1.29, 1.82) is 0 Å². The molecule has 2 aromatic carbocycles. The molecule has 0 saturated heterocycles. The molecule has 142 valence electrons. The first-order valence-electron chi connectivity index (χ1n) is 7.85. The zero-order valence-corrected chi connectivity index (χ0v) is 16.0. The molecule has 7 nitrogen and oxygen atoms in total. The van der Waals surface area contributed by atoms with Gasteiger partial charge in [-0.15, -0.1) is 12.4 Å². The zero-order valence-electron chi connectivity index (χ0n) is 14.4. The van der Waals surface area contributed by atoms with Crippen LogP contribution >= 0.6 is 12.4 Å². The van der Waals surface area contributed by atoms with Crippen LogP contribution in [0.15, 0.2) is 53.4 Å². The second-order valence-electron chi connectivity index (χ2n) is 5.63. The third-order valence-corrected chi connectivity index (χ3v) is 5.77. The van der Waals surface area contributed by atoms with Gasteiger partial charge >= 0.3 is 0 Å². The molecule has 2 aromatic rings. The predicted molar refractivity (Wildman–Crippen MR) is 103 cm³/mol.